The van der Waals surface area contributed by atoms with Gasteiger partial charge in [0.2, 0.25) is 12.8 Å². The summed E-state index contributed by atoms with van der Waals surface area (Å²) >= 11 is 0. The molecule has 6 nitrogen and oxygen atoms in total. The van der Waals surface area contributed by atoms with Gasteiger partial charge in [-0.2, -0.15) is 5.26 Å². The van der Waals surface area contributed by atoms with Crippen molar-refractivity contribution in [3.05, 3.63) is 0 Å². The maximum Gasteiger partial charge on any atom is 0.364 e. The van der Waals surface area contributed by atoms with E-state index in [4.69, 9.17) is 5.26 Å². The number of hydrogen-bond acceptors (Lipinski definition) is 5. The number of carbonyl (C=O) groups excluding carboxylic acids is 3. The van der Waals surface area contributed by atoms with E-state index in [1.165, 1.54) is 0 Å². The number of carbonyl (C=O) groups is 3. The van der Waals surface area contributed by atoms with Crippen LogP contribution in [-0.4, -0.2) is 35.0 Å². The van der Waals surface area contributed by atoms with Gasteiger partial charge in [0.25, 0.3) is 0 Å². The molecule has 0 fully saturated rings. The van der Waals surface area contributed by atoms with Gasteiger partial charge in [-0.15, -0.1) is 0 Å². The lowest BCUT2D eigenvalue weighted by atomic mass is 10.1. The van der Waals surface area contributed by atoms with Crippen LogP contribution in [0, 0.1) is 0 Å². The predicted molar refractivity (Wildman–Crippen MR) is 46.0 cm³/mol. The van der Waals surface area contributed by atoms with E-state index in [0.29, 0.717) is 11.3 Å². The Kier molecular flexibility index (Phi) is 6.30. The Morgan fingerprint density at radius 2 is 2.07 bits per heavy atom. The van der Waals surface area contributed by atoms with E-state index in [9.17, 15) is 14.4 Å². The average molecular weight is 203 g/mol. The zero-order chi connectivity index (χ0) is 11.0. The molecular formula is C8H13NO5. The second kappa shape index (κ2) is 7.02. The lowest BCUT2D eigenvalue weighted by molar-refractivity contribution is -0.239. The van der Waals surface area contributed by atoms with Crippen molar-refractivity contribution in [2.24, 2.45) is 0 Å². The van der Waals surface area contributed by atoms with Crippen molar-refractivity contribution in [2.75, 3.05) is 0 Å². The maximum absolute atomic E-state index is 10.9. The third kappa shape index (κ3) is 3.53. The first-order valence-corrected chi connectivity index (χ1v) is 4.24. The second-order valence-electron chi connectivity index (χ2n) is 2.73. The Morgan fingerprint density at radius 1 is 1.50 bits per heavy atom. The molecule has 0 aliphatic heterocycles. The Bertz CT molecular complexity index is 198. The summed E-state index contributed by atoms with van der Waals surface area (Å²) in [6, 6.07) is -1.03. The molecule has 0 saturated heterocycles. The zero-order valence-corrected chi connectivity index (χ0v) is 7.88. The van der Waals surface area contributed by atoms with Gasteiger partial charge in [0, 0.05) is 0 Å². The molecule has 2 amide bonds. The smallest absolute Gasteiger partial charge is 0.299 e. The molecule has 0 aliphatic carbocycles. The fourth-order valence-electron chi connectivity index (χ4n) is 1.02. The number of amides is 2. The molecule has 6 heteroatoms. The fourth-order valence-corrected chi connectivity index (χ4v) is 1.02. The van der Waals surface area contributed by atoms with Crippen LogP contribution in [0.3, 0.4) is 0 Å². The summed E-state index contributed by atoms with van der Waals surface area (Å²) in [4.78, 5) is 35.8. The molecule has 1 atom stereocenters. The molecule has 0 bridgehead atoms. The van der Waals surface area contributed by atoms with Crippen LogP contribution < -0.4 is 0 Å². The average Bonchev–Trinajstić information content (AvgIpc) is 2.23. The van der Waals surface area contributed by atoms with E-state index < -0.39 is 12.0 Å². The normalized spacial score (nSPS) is 11.6. The molecule has 0 spiro atoms. The van der Waals surface area contributed by atoms with Gasteiger partial charge in [0.05, 0.1) is 0 Å². The fraction of sp³-hybridized carbons (Fsp3) is 0.625. The summed E-state index contributed by atoms with van der Waals surface area (Å²) < 4.78 is 0. The lowest BCUT2D eigenvalue weighted by Crippen LogP contribution is -2.40. The van der Waals surface area contributed by atoms with Gasteiger partial charge in [-0.3, -0.25) is 19.4 Å². The van der Waals surface area contributed by atoms with Crippen LogP contribution in [0.2, 0.25) is 0 Å². The van der Waals surface area contributed by atoms with E-state index in [1.807, 2.05) is 6.92 Å². The van der Waals surface area contributed by atoms with E-state index in [-0.39, 0.29) is 19.2 Å². The Morgan fingerprint density at radius 3 is 2.43 bits per heavy atom. The highest BCUT2D eigenvalue weighted by atomic mass is 17.1. The van der Waals surface area contributed by atoms with Gasteiger partial charge in [0.15, 0.2) is 0 Å². The molecular weight excluding hydrogens is 190 g/mol. The maximum atomic E-state index is 10.9. The topological polar surface area (TPSA) is 83.9 Å². The van der Waals surface area contributed by atoms with Crippen LogP contribution >= 0.6 is 0 Å². The third-order valence-corrected chi connectivity index (χ3v) is 1.80. The summed E-state index contributed by atoms with van der Waals surface area (Å²) in [5.41, 5.74) is 0. The van der Waals surface area contributed by atoms with Gasteiger partial charge in [-0.05, 0) is 6.42 Å². The van der Waals surface area contributed by atoms with Crippen molar-refractivity contribution in [1.82, 2.24) is 4.90 Å². The van der Waals surface area contributed by atoms with Crippen LogP contribution in [0.15, 0.2) is 0 Å². The summed E-state index contributed by atoms with van der Waals surface area (Å²) in [5.74, 6) is -1.00. The largest absolute Gasteiger partial charge is 0.364 e. The summed E-state index contributed by atoms with van der Waals surface area (Å²) in [7, 11) is 0. The monoisotopic (exact) mass is 203 g/mol. The van der Waals surface area contributed by atoms with Crippen LogP contribution in [-0.2, 0) is 19.3 Å². The highest BCUT2D eigenvalue weighted by molar-refractivity contribution is 5.83. The molecule has 1 unspecified atom stereocenters. The number of unbranched alkanes of at least 4 members (excludes halogenated alkanes) is 1. The minimum Gasteiger partial charge on any atom is -0.299 e. The van der Waals surface area contributed by atoms with Gasteiger partial charge < -0.3 is 0 Å². The molecule has 0 aliphatic rings. The number of rotatable bonds is 7. The van der Waals surface area contributed by atoms with Crippen molar-refractivity contribution in [3.63, 3.8) is 0 Å². The summed E-state index contributed by atoms with van der Waals surface area (Å²) in [5, 5.41) is 8.14. The van der Waals surface area contributed by atoms with Crippen LogP contribution in [0.1, 0.15) is 26.2 Å². The van der Waals surface area contributed by atoms with E-state index >= 15 is 0 Å². The SMILES string of the molecule is CCCCC(C(=O)OO)N(C=O)C=O. The molecule has 0 aromatic heterocycles. The standard InChI is InChI=1S/C8H13NO5/c1-2-3-4-7(8(12)14-13)9(5-10)6-11/h5-7,13H,2-4H2,1H3. The van der Waals surface area contributed by atoms with Crippen LogP contribution in [0.4, 0.5) is 0 Å². The highest BCUT2D eigenvalue weighted by Gasteiger charge is 2.25. The molecule has 0 heterocycles. The van der Waals surface area contributed by atoms with Gasteiger partial charge in [-0.1, -0.05) is 19.8 Å². The van der Waals surface area contributed by atoms with Gasteiger partial charge in [-0.25, -0.2) is 4.79 Å². The van der Waals surface area contributed by atoms with E-state index in [0.717, 1.165) is 6.42 Å². The van der Waals surface area contributed by atoms with Gasteiger partial charge >= 0.3 is 5.97 Å². The molecule has 0 saturated carbocycles. The van der Waals surface area contributed by atoms with Crippen LogP contribution in [0.5, 0.6) is 0 Å². The first-order valence-electron chi connectivity index (χ1n) is 4.24. The van der Waals surface area contributed by atoms with Gasteiger partial charge in [0.1, 0.15) is 6.04 Å². The molecule has 0 aromatic carbocycles. The van der Waals surface area contributed by atoms with Crippen molar-refractivity contribution >= 4 is 18.8 Å². The minimum atomic E-state index is -1.03. The Hall–Kier alpha value is -1.43. The first-order chi connectivity index (χ1) is 6.71. The molecule has 14 heavy (non-hydrogen) atoms. The van der Waals surface area contributed by atoms with E-state index in [2.05, 4.69) is 4.89 Å². The van der Waals surface area contributed by atoms with Crippen molar-refractivity contribution in [2.45, 2.75) is 32.2 Å². The number of hydrogen-bond donors (Lipinski definition) is 1. The van der Waals surface area contributed by atoms with Crippen LogP contribution in [0.25, 0.3) is 0 Å². The molecule has 80 valence electrons. The molecule has 1 N–H and O–H groups in total. The highest BCUT2D eigenvalue weighted by Crippen LogP contribution is 2.07. The Labute approximate surface area is 81.4 Å². The van der Waals surface area contributed by atoms with Crippen molar-refractivity contribution in [1.29, 1.82) is 0 Å². The minimum absolute atomic E-state index is 0.226. The predicted octanol–water partition coefficient (Wildman–Crippen LogP) is 0.176. The van der Waals surface area contributed by atoms with Crippen molar-refractivity contribution in [3.8, 4) is 0 Å². The quantitative estimate of drug-likeness (QED) is 0.362. The third-order valence-electron chi connectivity index (χ3n) is 1.80. The summed E-state index contributed by atoms with van der Waals surface area (Å²) in [6.45, 7) is 1.90. The summed E-state index contributed by atoms with van der Waals surface area (Å²) in [6.07, 6.45) is 2.20. The first kappa shape index (κ1) is 12.6. The number of imide groups is 1. The molecule has 0 radical (unpaired) electrons. The van der Waals surface area contributed by atoms with Crippen molar-refractivity contribution < 1.29 is 24.5 Å². The van der Waals surface area contributed by atoms with E-state index in [1.54, 1.807) is 0 Å². The lowest BCUT2D eigenvalue weighted by Gasteiger charge is -2.18. The second-order valence-corrected chi connectivity index (χ2v) is 2.73. The molecule has 0 rings (SSSR count). The molecule has 0 aromatic rings. The zero-order valence-electron chi connectivity index (χ0n) is 7.88. The number of nitrogens with zero attached hydrogens (tertiary/aromatic N) is 1. The Balaban J connectivity index is 4.42.